The number of anilines is 1. The van der Waals surface area contributed by atoms with E-state index in [1.54, 1.807) is 13.5 Å². The molecule has 0 atom stereocenters. The van der Waals surface area contributed by atoms with Crippen molar-refractivity contribution in [2.24, 2.45) is 0 Å². The van der Waals surface area contributed by atoms with Crippen molar-refractivity contribution >= 4 is 17.5 Å². The van der Waals surface area contributed by atoms with Gasteiger partial charge in [0.2, 0.25) is 11.8 Å². The molecule has 0 saturated heterocycles. The van der Waals surface area contributed by atoms with Crippen LogP contribution in [0.2, 0.25) is 0 Å². The van der Waals surface area contributed by atoms with E-state index in [0.29, 0.717) is 11.3 Å². The number of rotatable bonds is 3. The molecule has 0 fully saturated rings. The molecule has 1 aliphatic rings. The number of carbonyl (C=O) groups is 2. The molecule has 4 nitrogen and oxygen atoms in total. The largest absolute Gasteiger partial charge is 0.482 e. The maximum absolute atomic E-state index is 12.5. The third-order valence-electron chi connectivity index (χ3n) is 3.73. The molecular weight excluding hydrogens is 365 g/mol. The zero-order chi connectivity index (χ0) is 15.5. The Bertz CT molecular complexity index is 716. The minimum Gasteiger partial charge on any atom is -0.482 e. The first-order valence-electron chi connectivity index (χ1n) is 7.24. The van der Waals surface area contributed by atoms with E-state index >= 15 is 0 Å². The van der Waals surface area contributed by atoms with Gasteiger partial charge in [0.25, 0.3) is 0 Å². The van der Waals surface area contributed by atoms with Crippen LogP contribution in [0.3, 0.4) is 0 Å². The van der Waals surface area contributed by atoms with Gasteiger partial charge in [0.05, 0.1) is 17.8 Å². The Hall–Kier alpha value is -1.52. The van der Waals surface area contributed by atoms with Crippen LogP contribution in [0, 0.1) is 6.54 Å². The Morgan fingerprint density at radius 1 is 1.09 bits per heavy atom. The van der Waals surface area contributed by atoms with Crippen LogP contribution in [0.5, 0.6) is 0 Å². The van der Waals surface area contributed by atoms with Gasteiger partial charge in [-0.05, 0) is 29.7 Å². The molecule has 3 rings (SSSR count). The molecule has 2 amide bonds. The fraction of sp³-hybridized carbons (Fsp3) is 0.167. The van der Waals surface area contributed by atoms with Crippen LogP contribution in [0.15, 0.2) is 48.5 Å². The van der Waals surface area contributed by atoms with Gasteiger partial charge >= 0.3 is 0 Å². The second-order valence-electron chi connectivity index (χ2n) is 5.28. The Labute approximate surface area is 161 Å². The minimum atomic E-state index is -0.180. The maximum Gasteiger partial charge on any atom is 0.241 e. The molecule has 0 aromatic heterocycles. The van der Waals surface area contributed by atoms with E-state index in [4.69, 9.17) is 0 Å². The van der Waals surface area contributed by atoms with Crippen molar-refractivity contribution in [1.29, 1.82) is 0 Å². The molecule has 5 heteroatoms. The molecule has 2 aromatic rings. The monoisotopic (exact) mass is 382 g/mol. The summed E-state index contributed by atoms with van der Waals surface area (Å²) in [5.41, 5.74) is 3.35. The molecule has 0 spiro atoms. The standard InChI is InChI=1S/C18H17N2O2.Y/c1-2-20-12-17(21)19-16-9-8-14(11-15(16)18(20)22)10-13-6-4-3-5-7-13;/h2-9,11H,10,12H2,1H3,(H,19,21);/q-1;. The van der Waals surface area contributed by atoms with Crippen molar-refractivity contribution in [3.8, 4) is 0 Å². The predicted octanol–water partition coefficient (Wildman–Crippen LogP) is 2.85. The van der Waals surface area contributed by atoms with Gasteiger partial charge in [-0.1, -0.05) is 36.4 Å². The predicted molar refractivity (Wildman–Crippen MR) is 85.3 cm³/mol. The van der Waals surface area contributed by atoms with E-state index in [2.05, 4.69) is 17.4 Å². The average molecular weight is 382 g/mol. The smallest absolute Gasteiger partial charge is 0.241 e. The Balaban J connectivity index is 0.00000192. The third kappa shape index (κ3) is 4.07. The quantitative estimate of drug-likeness (QED) is 0.831. The molecule has 2 aromatic carbocycles. The fourth-order valence-corrected chi connectivity index (χ4v) is 2.60. The second kappa shape index (κ2) is 7.84. The molecule has 1 N–H and O–H groups in total. The van der Waals surface area contributed by atoms with Crippen LogP contribution in [0.25, 0.3) is 0 Å². The number of amides is 2. The van der Waals surface area contributed by atoms with Crippen LogP contribution in [-0.4, -0.2) is 23.3 Å². The zero-order valence-corrected chi connectivity index (χ0v) is 15.8. The number of fused-ring (bicyclic) bond motifs is 1. The summed E-state index contributed by atoms with van der Waals surface area (Å²) in [5, 5.41) is 2.79. The van der Waals surface area contributed by atoms with E-state index in [0.717, 1.165) is 12.0 Å². The van der Waals surface area contributed by atoms with Gasteiger partial charge < -0.3 is 10.2 Å². The molecule has 0 aliphatic carbocycles. The van der Waals surface area contributed by atoms with Gasteiger partial charge in [-0.2, -0.15) is 6.92 Å². The third-order valence-corrected chi connectivity index (χ3v) is 3.73. The Morgan fingerprint density at radius 3 is 2.52 bits per heavy atom. The van der Waals surface area contributed by atoms with Crippen molar-refractivity contribution in [1.82, 2.24) is 4.90 Å². The van der Waals surface area contributed by atoms with Gasteiger partial charge in [0.1, 0.15) is 0 Å². The first-order valence-corrected chi connectivity index (χ1v) is 7.24. The Morgan fingerprint density at radius 2 is 1.83 bits per heavy atom. The summed E-state index contributed by atoms with van der Waals surface area (Å²) in [6.07, 6.45) is 0.755. The molecule has 0 bridgehead atoms. The van der Waals surface area contributed by atoms with Gasteiger partial charge in [-0.3, -0.25) is 9.59 Å². The second-order valence-corrected chi connectivity index (χ2v) is 5.28. The topological polar surface area (TPSA) is 49.4 Å². The Kier molecular flexibility index (Phi) is 6.08. The molecule has 0 unspecified atom stereocenters. The molecule has 0 saturated carbocycles. The molecular formula is C18H17N2O2Y-. The summed E-state index contributed by atoms with van der Waals surface area (Å²) >= 11 is 0. The van der Waals surface area contributed by atoms with E-state index in [1.807, 2.05) is 36.4 Å². The van der Waals surface area contributed by atoms with Gasteiger partial charge in [-0.25, -0.2) is 6.54 Å². The van der Waals surface area contributed by atoms with Crippen molar-refractivity contribution in [2.45, 2.75) is 13.3 Å². The van der Waals surface area contributed by atoms with Crippen molar-refractivity contribution in [3.63, 3.8) is 0 Å². The number of hydrogen-bond acceptors (Lipinski definition) is 2. The zero-order valence-electron chi connectivity index (χ0n) is 13.0. The molecule has 1 aliphatic heterocycles. The van der Waals surface area contributed by atoms with Crippen molar-refractivity contribution in [2.75, 3.05) is 11.9 Å². The average Bonchev–Trinajstić information content (AvgIpc) is 2.65. The first-order chi connectivity index (χ1) is 10.7. The number of benzene rings is 2. The summed E-state index contributed by atoms with van der Waals surface area (Å²) < 4.78 is 0. The molecule has 115 valence electrons. The molecule has 23 heavy (non-hydrogen) atoms. The van der Waals surface area contributed by atoms with Crippen molar-refractivity contribution in [3.05, 3.63) is 71.8 Å². The summed E-state index contributed by atoms with van der Waals surface area (Å²) in [6.45, 7) is 3.45. The summed E-state index contributed by atoms with van der Waals surface area (Å²) in [5.74, 6) is -0.327. The van der Waals surface area contributed by atoms with E-state index in [-0.39, 0.29) is 51.1 Å². The summed E-state index contributed by atoms with van der Waals surface area (Å²) in [4.78, 5) is 25.8. The van der Waals surface area contributed by atoms with Gasteiger partial charge in [-0.15, -0.1) is 0 Å². The fourth-order valence-electron chi connectivity index (χ4n) is 2.60. The minimum absolute atomic E-state index is 0. The number of carbonyl (C=O) groups excluding carboxylic acids is 2. The van der Waals surface area contributed by atoms with E-state index in [1.165, 1.54) is 10.5 Å². The SMILES string of the molecule is C[CH-]N1CC(=O)Nc2ccc(Cc3ccccc3)cc2C1=O.[Y]. The molecule has 1 radical (unpaired) electrons. The summed E-state index contributed by atoms with van der Waals surface area (Å²) in [7, 11) is 0. The van der Waals surface area contributed by atoms with E-state index in [9.17, 15) is 9.59 Å². The van der Waals surface area contributed by atoms with Gasteiger partial charge in [0, 0.05) is 32.7 Å². The van der Waals surface area contributed by atoms with Crippen LogP contribution in [0.1, 0.15) is 28.4 Å². The number of nitrogens with one attached hydrogen (secondary N) is 1. The van der Waals surface area contributed by atoms with Gasteiger partial charge in [0.15, 0.2) is 0 Å². The van der Waals surface area contributed by atoms with E-state index < -0.39 is 0 Å². The first kappa shape index (κ1) is 17.8. The number of hydrogen-bond donors (Lipinski definition) is 1. The molecule has 1 heterocycles. The van der Waals surface area contributed by atoms with Crippen LogP contribution >= 0.6 is 0 Å². The van der Waals surface area contributed by atoms with Crippen LogP contribution in [-0.2, 0) is 43.9 Å². The van der Waals surface area contributed by atoms with Crippen LogP contribution < -0.4 is 5.32 Å². The number of nitrogens with zero attached hydrogens (tertiary/aromatic N) is 1. The van der Waals surface area contributed by atoms with Crippen molar-refractivity contribution < 1.29 is 42.3 Å². The summed E-state index contributed by atoms with van der Waals surface area (Å²) in [6, 6.07) is 15.7. The normalized spacial score (nSPS) is 13.7. The van der Waals surface area contributed by atoms with Crippen LogP contribution in [0.4, 0.5) is 5.69 Å². The maximum atomic E-state index is 12.5.